The van der Waals surface area contributed by atoms with Crippen LogP contribution in [0.5, 0.6) is 0 Å². The Morgan fingerprint density at radius 1 is 1.39 bits per heavy atom. The van der Waals surface area contributed by atoms with Gasteiger partial charge >= 0.3 is 0 Å². The van der Waals surface area contributed by atoms with Gasteiger partial charge in [-0.2, -0.15) is 0 Å². The number of aryl methyl sites for hydroxylation is 1. The lowest BCUT2D eigenvalue weighted by molar-refractivity contribution is 0.102. The Labute approximate surface area is 103 Å². The quantitative estimate of drug-likeness (QED) is 0.504. The van der Waals surface area contributed by atoms with Crippen molar-refractivity contribution in [2.24, 2.45) is 5.11 Å². The second-order valence-electron chi connectivity index (χ2n) is 3.64. The van der Waals surface area contributed by atoms with Gasteiger partial charge in [-0.3, -0.25) is 4.79 Å². The molecule has 0 aliphatic heterocycles. The fourth-order valence-electron chi connectivity index (χ4n) is 1.43. The normalized spacial score (nSPS) is 9.61. The number of carbonyl (C=O) groups excluding carboxylic acids is 1. The summed E-state index contributed by atoms with van der Waals surface area (Å²) in [5.74, 6) is 0.433. The summed E-state index contributed by atoms with van der Waals surface area (Å²) in [7, 11) is 0. The number of benzene rings is 1. The van der Waals surface area contributed by atoms with Gasteiger partial charge in [-0.05, 0) is 30.7 Å². The summed E-state index contributed by atoms with van der Waals surface area (Å²) in [4.78, 5) is 14.5. The molecule has 2 aromatic rings. The largest absolute Gasteiger partial charge is 0.469 e. The van der Waals surface area contributed by atoms with Gasteiger partial charge in [0, 0.05) is 16.3 Å². The molecule has 0 atom stereocenters. The number of azide groups is 1. The second kappa shape index (κ2) is 5.07. The van der Waals surface area contributed by atoms with Gasteiger partial charge in [0.2, 0.25) is 0 Å². The van der Waals surface area contributed by atoms with Gasteiger partial charge < -0.3 is 9.73 Å². The minimum absolute atomic E-state index is 0.247. The Hall–Kier alpha value is -2.72. The minimum Gasteiger partial charge on any atom is -0.469 e. The van der Waals surface area contributed by atoms with Crippen molar-refractivity contribution >= 4 is 17.3 Å². The van der Waals surface area contributed by atoms with Gasteiger partial charge in [0.05, 0.1) is 5.56 Å². The van der Waals surface area contributed by atoms with Crippen LogP contribution in [0.1, 0.15) is 16.1 Å². The van der Waals surface area contributed by atoms with Crippen LogP contribution in [0.4, 0.5) is 11.4 Å². The maximum Gasteiger partial charge on any atom is 0.258 e. The summed E-state index contributed by atoms with van der Waals surface area (Å²) in [6.45, 7) is 1.77. The van der Waals surface area contributed by atoms with E-state index in [1.165, 1.54) is 6.26 Å². The average Bonchev–Trinajstić information content (AvgIpc) is 2.79. The topological polar surface area (TPSA) is 91.0 Å². The maximum atomic E-state index is 11.8. The van der Waals surface area contributed by atoms with Crippen LogP contribution in [0.25, 0.3) is 10.4 Å². The van der Waals surface area contributed by atoms with E-state index in [2.05, 4.69) is 15.3 Å². The molecular weight excluding hydrogens is 232 g/mol. The van der Waals surface area contributed by atoms with Crippen molar-refractivity contribution < 1.29 is 9.21 Å². The lowest BCUT2D eigenvalue weighted by Crippen LogP contribution is -2.10. The molecule has 1 aromatic carbocycles. The number of hydrogen-bond acceptors (Lipinski definition) is 3. The van der Waals surface area contributed by atoms with Crippen molar-refractivity contribution in [3.8, 4) is 0 Å². The predicted molar refractivity (Wildman–Crippen MR) is 66.6 cm³/mol. The van der Waals surface area contributed by atoms with Crippen LogP contribution < -0.4 is 5.32 Å². The molecule has 0 saturated carbocycles. The van der Waals surface area contributed by atoms with Crippen molar-refractivity contribution in [3.05, 3.63) is 58.4 Å². The zero-order chi connectivity index (χ0) is 13.0. The van der Waals surface area contributed by atoms with E-state index >= 15 is 0 Å². The Balaban J connectivity index is 2.09. The third kappa shape index (κ3) is 2.69. The van der Waals surface area contributed by atoms with Crippen molar-refractivity contribution in [1.82, 2.24) is 0 Å². The van der Waals surface area contributed by atoms with E-state index in [9.17, 15) is 4.79 Å². The lowest BCUT2D eigenvalue weighted by atomic mass is 10.2. The molecule has 1 aromatic heterocycles. The third-order valence-electron chi connectivity index (χ3n) is 2.28. The fraction of sp³-hybridized carbons (Fsp3) is 0.0833. The highest BCUT2D eigenvalue weighted by atomic mass is 16.3. The smallest absolute Gasteiger partial charge is 0.258 e. The SMILES string of the molecule is Cc1cc(C(=O)Nc2ccc(N=[N+]=[N-])cc2)co1. The standard InChI is InChI=1S/C12H10N4O2/c1-8-6-9(7-18-8)12(17)14-10-2-4-11(5-3-10)15-16-13/h2-7H,1H3,(H,14,17). The molecule has 0 unspecified atom stereocenters. The van der Waals surface area contributed by atoms with Crippen LogP contribution in [-0.2, 0) is 0 Å². The monoisotopic (exact) mass is 242 g/mol. The molecule has 90 valence electrons. The maximum absolute atomic E-state index is 11.8. The Kier molecular flexibility index (Phi) is 3.31. The van der Waals surface area contributed by atoms with Crippen molar-refractivity contribution in [3.63, 3.8) is 0 Å². The fourth-order valence-corrected chi connectivity index (χ4v) is 1.43. The summed E-state index contributed by atoms with van der Waals surface area (Å²) in [5, 5.41) is 6.15. The molecule has 0 fully saturated rings. The van der Waals surface area contributed by atoms with Crippen LogP contribution in [0, 0.1) is 6.92 Å². The number of nitrogens with one attached hydrogen (secondary N) is 1. The van der Waals surface area contributed by atoms with Gasteiger partial charge in [0.25, 0.3) is 5.91 Å². The zero-order valence-corrected chi connectivity index (χ0v) is 9.62. The Morgan fingerprint density at radius 2 is 2.11 bits per heavy atom. The molecule has 0 spiro atoms. The molecule has 2 rings (SSSR count). The number of furan rings is 1. The van der Waals surface area contributed by atoms with Gasteiger partial charge in [0.15, 0.2) is 0 Å². The van der Waals surface area contributed by atoms with E-state index in [0.29, 0.717) is 22.7 Å². The first-order valence-electron chi connectivity index (χ1n) is 5.20. The summed E-state index contributed by atoms with van der Waals surface area (Å²) in [5.41, 5.74) is 9.84. The lowest BCUT2D eigenvalue weighted by Gasteiger charge is -2.03. The highest BCUT2D eigenvalue weighted by Gasteiger charge is 2.08. The van der Waals surface area contributed by atoms with Crippen molar-refractivity contribution in [2.45, 2.75) is 6.92 Å². The zero-order valence-electron chi connectivity index (χ0n) is 9.62. The van der Waals surface area contributed by atoms with Crippen molar-refractivity contribution in [1.29, 1.82) is 0 Å². The van der Waals surface area contributed by atoms with E-state index < -0.39 is 0 Å². The van der Waals surface area contributed by atoms with E-state index in [0.717, 1.165) is 0 Å². The van der Waals surface area contributed by atoms with E-state index in [1.807, 2.05) is 0 Å². The van der Waals surface area contributed by atoms with Gasteiger partial charge in [-0.25, -0.2) is 0 Å². The predicted octanol–water partition coefficient (Wildman–Crippen LogP) is 3.78. The van der Waals surface area contributed by atoms with Crippen LogP contribution in [0.15, 0.2) is 46.1 Å². The molecular formula is C12H10N4O2. The van der Waals surface area contributed by atoms with Crippen LogP contribution in [0.3, 0.4) is 0 Å². The van der Waals surface area contributed by atoms with E-state index in [4.69, 9.17) is 9.95 Å². The highest BCUT2D eigenvalue weighted by Crippen LogP contribution is 2.17. The third-order valence-corrected chi connectivity index (χ3v) is 2.28. The van der Waals surface area contributed by atoms with Gasteiger partial charge in [0.1, 0.15) is 12.0 Å². The van der Waals surface area contributed by atoms with Gasteiger partial charge in [-0.1, -0.05) is 17.2 Å². The van der Waals surface area contributed by atoms with E-state index in [1.54, 1.807) is 37.3 Å². The molecule has 1 N–H and O–H groups in total. The van der Waals surface area contributed by atoms with Crippen LogP contribution in [-0.4, -0.2) is 5.91 Å². The average molecular weight is 242 g/mol. The molecule has 6 heteroatoms. The summed E-state index contributed by atoms with van der Waals surface area (Å²) in [6.07, 6.45) is 1.40. The minimum atomic E-state index is -0.247. The molecule has 0 radical (unpaired) electrons. The molecule has 18 heavy (non-hydrogen) atoms. The Bertz CT molecular complexity index is 609. The first kappa shape index (κ1) is 11.8. The number of carbonyl (C=O) groups is 1. The Morgan fingerprint density at radius 3 is 2.67 bits per heavy atom. The first-order valence-corrected chi connectivity index (χ1v) is 5.20. The number of rotatable bonds is 3. The number of amides is 1. The highest BCUT2D eigenvalue weighted by molar-refractivity contribution is 6.04. The van der Waals surface area contributed by atoms with Gasteiger partial charge in [-0.15, -0.1) is 0 Å². The number of hydrogen-bond donors (Lipinski definition) is 1. The number of nitrogens with zero attached hydrogens (tertiary/aromatic N) is 3. The van der Waals surface area contributed by atoms with Crippen molar-refractivity contribution in [2.75, 3.05) is 5.32 Å². The number of anilines is 1. The molecule has 0 aliphatic carbocycles. The second-order valence-corrected chi connectivity index (χ2v) is 3.64. The summed E-state index contributed by atoms with van der Waals surface area (Å²) in [6, 6.07) is 8.22. The molecule has 0 aliphatic rings. The molecule has 0 bridgehead atoms. The molecule has 1 amide bonds. The van der Waals surface area contributed by atoms with Crippen LogP contribution in [0.2, 0.25) is 0 Å². The summed E-state index contributed by atoms with van der Waals surface area (Å²) >= 11 is 0. The summed E-state index contributed by atoms with van der Waals surface area (Å²) < 4.78 is 5.06. The first-order chi connectivity index (χ1) is 8.69. The molecule has 0 saturated heterocycles. The van der Waals surface area contributed by atoms with E-state index in [-0.39, 0.29) is 5.91 Å². The molecule has 1 heterocycles. The van der Waals surface area contributed by atoms with Crippen LogP contribution >= 0.6 is 0 Å². The molecule has 6 nitrogen and oxygen atoms in total.